The molecular weight excluding hydrogens is 148 g/mol. The van der Waals surface area contributed by atoms with Crippen molar-refractivity contribution in [2.24, 2.45) is 17.3 Å². The van der Waals surface area contributed by atoms with E-state index in [1.165, 1.54) is 5.57 Å². The minimum Gasteiger partial charge on any atom is -0.303 e. The summed E-state index contributed by atoms with van der Waals surface area (Å²) in [6.45, 7) is 8.72. The minimum atomic E-state index is 0.359. The highest BCUT2D eigenvalue weighted by Gasteiger charge is 2.55. The lowest BCUT2D eigenvalue weighted by atomic mass is 10.1. The van der Waals surface area contributed by atoms with Gasteiger partial charge in [-0.05, 0) is 31.1 Å². The van der Waals surface area contributed by atoms with Crippen LogP contribution < -0.4 is 0 Å². The van der Waals surface area contributed by atoms with Gasteiger partial charge in [-0.3, -0.25) is 0 Å². The molecule has 68 valence electrons. The molecule has 1 rings (SSSR count). The monoisotopic (exact) mass is 166 g/mol. The molecule has 0 N–H and O–H groups in total. The predicted molar refractivity (Wildman–Crippen MR) is 50.9 cm³/mol. The standard InChI is InChI=1S/C11H18O/c1-8(2)7-10-9(5-6-12)11(10,3)4/h6-7,9-10H,5H2,1-4H3. The SMILES string of the molecule is CC(C)=CC1C(CC=O)C1(C)C. The van der Waals surface area contributed by atoms with Gasteiger partial charge in [-0.15, -0.1) is 0 Å². The Hall–Kier alpha value is -0.590. The molecule has 1 aliphatic carbocycles. The van der Waals surface area contributed by atoms with Crippen LogP contribution in [0, 0.1) is 17.3 Å². The highest BCUT2D eigenvalue weighted by molar-refractivity contribution is 5.51. The number of carbonyl (C=O) groups is 1. The zero-order valence-corrected chi connectivity index (χ0v) is 8.42. The number of hydrogen-bond donors (Lipinski definition) is 0. The molecule has 0 heterocycles. The van der Waals surface area contributed by atoms with E-state index in [-0.39, 0.29) is 0 Å². The molecule has 0 aromatic carbocycles. The van der Waals surface area contributed by atoms with Crippen molar-refractivity contribution in [2.75, 3.05) is 0 Å². The average Bonchev–Trinajstić information content (AvgIpc) is 2.39. The van der Waals surface area contributed by atoms with Gasteiger partial charge in [0, 0.05) is 6.42 Å². The van der Waals surface area contributed by atoms with Gasteiger partial charge in [-0.2, -0.15) is 0 Å². The van der Waals surface area contributed by atoms with Gasteiger partial charge in [-0.1, -0.05) is 25.5 Å². The second-order valence-corrected chi connectivity index (χ2v) is 4.60. The minimum absolute atomic E-state index is 0.359. The van der Waals surface area contributed by atoms with Crippen LogP contribution in [0.3, 0.4) is 0 Å². The topological polar surface area (TPSA) is 17.1 Å². The van der Waals surface area contributed by atoms with Crippen LogP contribution in [0.2, 0.25) is 0 Å². The van der Waals surface area contributed by atoms with Crippen LogP contribution in [0.1, 0.15) is 34.1 Å². The van der Waals surface area contributed by atoms with Gasteiger partial charge in [0.05, 0.1) is 0 Å². The van der Waals surface area contributed by atoms with E-state index in [9.17, 15) is 4.79 Å². The number of hydrogen-bond acceptors (Lipinski definition) is 1. The molecule has 1 saturated carbocycles. The van der Waals surface area contributed by atoms with Crippen LogP contribution in [0.25, 0.3) is 0 Å². The molecule has 1 fully saturated rings. The Labute approximate surface area is 74.9 Å². The lowest BCUT2D eigenvalue weighted by molar-refractivity contribution is -0.108. The van der Waals surface area contributed by atoms with Gasteiger partial charge in [0.1, 0.15) is 6.29 Å². The molecule has 0 bridgehead atoms. The number of carbonyl (C=O) groups excluding carboxylic acids is 1. The Morgan fingerprint density at radius 1 is 1.42 bits per heavy atom. The summed E-state index contributed by atoms with van der Waals surface area (Å²) in [6, 6.07) is 0. The molecule has 0 radical (unpaired) electrons. The third kappa shape index (κ3) is 1.60. The van der Waals surface area contributed by atoms with Crippen LogP contribution in [-0.4, -0.2) is 6.29 Å². The number of allylic oxidation sites excluding steroid dienone is 2. The molecule has 1 aliphatic rings. The summed E-state index contributed by atoms with van der Waals surface area (Å²) in [6.07, 6.45) is 4.07. The van der Waals surface area contributed by atoms with E-state index in [2.05, 4.69) is 33.8 Å². The van der Waals surface area contributed by atoms with Crippen LogP contribution in [0.15, 0.2) is 11.6 Å². The van der Waals surface area contributed by atoms with Crippen molar-refractivity contribution in [3.63, 3.8) is 0 Å². The maximum atomic E-state index is 10.4. The Morgan fingerprint density at radius 3 is 2.42 bits per heavy atom. The maximum absolute atomic E-state index is 10.4. The lowest BCUT2D eigenvalue weighted by Gasteiger charge is -1.97. The van der Waals surface area contributed by atoms with E-state index >= 15 is 0 Å². The molecule has 1 heteroatoms. The maximum Gasteiger partial charge on any atom is 0.120 e. The molecule has 0 saturated heterocycles. The van der Waals surface area contributed by atoms with Gasteiger partial charge >= 0.3 is 0 Å². The van der Waals surface area contributed by atoms with Gasteiger partial charge in [0.2, 0.25) is 0 Å². The summed E-state index contributed by atoms with van der Waals surface area (Å²) in [4.78, 5) is 10.4. The quantitative estimate of drug-likeness (QED) is 0.465. The lowest BCUT2D eigenvalue weighted by Crippen LogP contribution is -1.90. The van der Waals surface area contributed by atoms with Crippen LogP contribution in [0.4, 0.5) is 0 Å². The summed E-state index contributed by atoms with van der Waals surface area (Å²) in [5, 5.41) is 0. The Bertz CT molecular complexity index is 209. The van der Waals surface area contributed by atoms with Crippen molar-refractivity contribution in [3.8, 4) is 0 Å². The van der Waals surface area contributed by atoms with Crippen molar-refractivity contribution in [2.45, 2.75) is 34.1 Å². The fraction of sp³-hybridized carbons (Fsp3) is 0.727. The molecular formula is C11H18O. The Balaban J connectivity index is 2.60. The van der Waals surface area contributed by atoms with Crippen LogP contribution in [0.5, 0.6) is 0 Å². The molecule has 0 aromatic rings. The molecule has 0 amide bonds. The Kier molecular flexibility index (Phi) is 2.41. The Morgan fingerprint density at radius 2 is 2.00 bits per heavy atom. The molecule has 1 nitrogen and oxygen atoms in total. The summed E-state index contributed by atoms with van der Waals surface area (Å²) in [7, 11) is 0. The summed E-state index contributed by atoms with van der Waals surface area (Å²) >= 11 is 0. The van der Waals surface area contributed by atoms with Crippen molar-refractivity contribution < 1.29 is 4.79 Å². The second-order valence-electron chi connectivity index (χ2n) is 4.60. The molecule has 2 atom stereocenters. The molecule has 12 heavy (non-hydrogen) atoms. The normalized spacial score (nSPS) is 31.0. The zero-order chi connectivity index (χ0) is 9.35. The first-order valence-corrected chi connectivity index (χ1v) is 4.58. The van der Waals surface area contributed by atoms with Gasteiger partial charge in [0.15, 0.2) is 0 Å². The van der Waals surface area contributed by atoms with Crippen molar-refractivity contribution in [1.29, 1.82) is 0 Å². The molecule has 2 unspecified atom stereocenters. The van der Waals surface area contributed by atoms with E-state index in [0.717, 1.165) is 12.7 Å². The van der Waals surface area contributed by atoms with E-state index in [4.69, 9.17) is 0 Å². The largest absolute Gasteiger partial charge is 0.303 e. The highest BCUT2D eigenvalue weighted by atomic mass is 16.1. The summed E-state index contributed by atoms with van der Waals surface area (Å²) in [5.74, 6) is 1.22. The van der Waals surface area contributed by atoms with E-state index < -0.39 is 0 Å². The van der Waals surface area contributed by atoms with Crippen LogP contribution >= 0.6 is 0 Å². The molecule has 0 aliphatic heterocycles. The first-order chi connectivity index (χ1) is 5.50. The third-order valence-corrected chi connectivity index (χ3v) is 3.00. The molecule has 0 aromatic heterocycles. The van der Waals surface area contributed by atoms with E-state index in [1.54, 1.807) is 0 Å². The van der Waals surface area contributed by atoms with E-state index in [0.29, 0.717) is 17.3 Å². The van der Waals surface area contributed by atoms with Gasteiger partial charge < -0.3 is 4.79 Å². The summed E-state index contributed by atoms with van der Waals surface area (Å²) < 4.78 is 0. The predicted octanol–water partition coefficient (Wildman–Crippen LogP) is 2.81. The van der Waals surface area contributed by atoms with Gasteiger partial charge in [-0.25, -0.2) is 0 Å². The second kappa shape index (κ2) is 3.04. The van der Waals surface area contributed by atoms with Crippen molar-refractivity contribution in [1.82, 2.24) is 0 Å². The fourth-order valence-corrected chi connectivity index (χ4v) is 2.03. The number of rotatable bonds is 3. The highest BCUT2D eigenvalue weighted by Crippen LogP contribution is 2.60. The average molecular weight is 166 g/mol. The van der Waals surface area contributed by atoms with Crippen molar-refractivity contribution in [3.05, 3.63) is 11.6 Å². The first kappa shape index (κ1) is 9.50. The smallest absolute Gasteiger partial charge is 0.120 e. The third-order valence-electron chi connectivity index (χ3n) is 3.00. The fourth-order valence-electron chi connectivity index (χ4n) is 2.03. The van der Waals surface area contributed by atoms with Gasteiger partial charge in [0.25, 0.3) is 0 Å². The van der Waals surface area contributed by atoms with Crippen LogP contribution in [-0.2, 0) is 4.79 Å². The van der Waals surface area contributed by atoms with E-state index in [1.807, 2.05) is 0 Å². The van der Waals surface area contributed by atoms with Crippen molar-refractivity contribution >= 4 is 6.29 Å². The zero-order valence-electron chi connectivity index (χ0n) is 8.42. The summed E-state index contributed by atoms with van der Waals surface area (Å²) in [5.41, 5.74) is 1.72. The number of aldehydes is 1. The molecule has 0 spiro atoms. The first-order valence-electron chi connectivity index (χ1n) is 4.58.